The lowest BCUT2D eigenvalue weighted by atomic mass is 10.3. The molecule has 2 heterocycles. The molecule has 0 amide bonds. The van der Waals surface area contributed by atoms with Crippen molar-refractivity contribution in [3.8, 4) is 0 Å². The molecule has 0 bridgehead atoms. The quantitative estimate of drug-likeness (QED) is 0.771. The first kappa shape index (κ1) is 14.2. The Bertz CT molecular complexity index is 470. The van der Waals surface area contributed by atoms with E-state index >= 15 is 0 Å². The standard InChI is InChI=1S/C13H18N2O3S/c1-10-5-12(18-15-10)7-14-6-11(16)8-17-9-13-3-2-4-19-13/h2-5,11,14,16H,6-9H2,1H3. The predicted octanol–water partition coefficient (Wildman–Crippen LogP) is 1.71. The minimum atomic E-state index is -0.524. The lowest BCUT2D eigenvalue weighted by Crippen LogP contribution is -2.29. The van der Waals surface area contributed by atoms with Crippen molar-refractivity contribution in [3.05, 3.63) is 39.9 Å². The number of hydrogen-bond acceptors (Lipinski definition) is 6. The van der Waals surface area contributed by atoms with Crippen molar-refractivity contribution in [2.24, 2.45) is 0 Å². The molecule has 0 aliphatic heterocycles. The summed E-state index contributed by atoms with van der Waals surface area (Å²) in [5.41, 5.74) is 0.858. The van der Waals surface area contributed by atoms with Crippen molar-refractivity contribution >= 4 is 11.3 Å². The summed E-state index contributed by atoms with van der Waals surface area (Å²) in [5.74, 6) is 0.768. The van der Waals surface area contributed by atoms with Crippen molar-refractivity contribution < 1.29 is 14.4 Å². The fourth-order valence-electron chi connectivity index (χ4n) is 1.61. The Morgan fingerprint density at radius 2 is 2.47 bits per heavy atom. The van der Waals surface area contributed by atoms with Crippen LogP contribution in [0.4, 0.5) is 0 Å². The number of rotatable bonds is 8. The molecule has 2 aromatic heterocycles. The molecule has 2 rings (SSSR count). The van der Waals surface area contributed by atoms with Crippen molar-refractivity contribution in [3.63, 3.8) is 0 Å². The molecule has 1 atom stereocenters. The summed E-state index contributed by atoms with van der Waals surface area (Å²) in [6.45, 7) is 3.77. The van der Waals surface area contributed by atoms with Crippen LogP contribution in [0.2, 0.25) is 0 Å². The highest BCUT2D eigenvalue weighted by molar-refractivity contribution is 7.09. The van der Waals surface area contributed by atoms with Gasteiger partial charge in [0.05, 0.1) is 31.6 Å². The zero-order chi connectivity index (χ0) is 13.5. The molecule has 0 spiro atoms. The number of nitrogens with zero attached hydrogens (tertiary/aromatic N) is 1. The number of thiophene rings is 1. The lowest BCUT2D eigenvalue weighted by Gasteiger charge is -2.11. The molecular weight excluding hydrogens is 264 g/mol. The van der Waals surface area contributed by atoms with Crippen LogP contribution in [0, 0.1) is 6.92 Å². The van der Waals surface area contributed by atoms with Crippen LogP contribution in [-0.2, 0) is 17.9 Å². The second-order valence-electron chi connectivity index (χ2n) is 4.31. The molecule has 1 unspecified atom stereocenters. The highest BCUT2D eigenvalue weighted by Gasteiger charge is 2.06. The first-order chi connectivity index (χ1) is 9.24. The molecular formula is C13H18N2O3S. The van der Waals surface area contributed by atoms with E-state index in [0.29, 0.717) is 26.3 Å². The average molecular weight is 282 g/mol. The SMILES string of the molecule is Cc1cc(CNCC(O)COCc2cccs2)on1. The van der Waals surface area contributed by atoms with Crippen LogP contribution in [0.5, 0.6) is 0 Å². The zero-order valence-corrected chi connectivity index (χ0v) is 11.7. The molecule has 0 aromatic carbocycles. The summed E-state index contributed by atoms with van der Waals surface area (Å²) in [4.78, 5) is 1.16. The van der Waals surface area contributed by atoms with Crippen LogP contribution in [0.25, 0.3) is 0 Å². The molecule has 5 nitrogen and oxygen atoms in total. The average Bonchev–Trinajstić information content (AvgIpc) is 3.01. The van der Waals surface area contributed by atoms with Gasteiger partial charge in [-0.2, -0.15) is 0 Å². The van der Waals surface area contributed by atoms with Crippen LogP contribution in [0.15, 0.2) is 28.1 Å². The Labute approximate surface area is 116 Å². The van der Waals surface area contributed by atoms with E-state index < -0.39 is 6.10 Å². The van der Waals surface area contributed by atoms with Gasteiger partial charge >= 0.3 is 0 Å². The molecule has 19 heavy (non-hydrogen) atoms. The third-order valence-electron chi connectivity index (χ3n) is 2.49. The number of ether oxygens (including phenoxy) is 1. The van der Waals surface area contributed by atoms with E-state index in [0.717, 1.165) is 16.3 Å². The summed E-state index contributed by atoms with van der Waals surface area (Å²) >= 11 is 1.65. The van der Waals surface area contributed by atoms with E-state index in [2.05, 4.69) is 10.5 Å². The van der Waals surface area contributed by atoms with E-state index in [1.807, 2.05) is 30.5 Å². The third-order valence-corrected chi connectivity index (χ3v) is 3.34. The molecule has 0 aliphatic carbocycles. The van der Waals surface area contributed by atoms with Gasteiger partial charge in [-0.15, -0.1) is 11.3 Å². The molecule has 0 saturated heterocycles. The highest BCUT2D eigenvalue weighted by atomic mass is 32.1. The Morgan fingerprint density at radius 3 is 3.16 bits per heavy atom. The first-order valence-electron chi connectivity index (χ1n) is 6.15. The second kappa shape index (κ2) is 7.40. The fourth-order valence-corrected chi connectivity index (χ4v) is 2.25. The van der Waals surface area contributed by atoms with Gasteiger partial charge in [0.15, 0.2) is 5.76 Å². The van der Waals surface area contributed by atoms with Gasteiger partial charge < -0.3 is 19.7 Å². The van der Waals surface area contributed by atoms with Gasteiger partial charge in [-0.1, -0.05) is 11.2 Å². The topological polar surface area (TPSA) is 67.5 Å². The number of aliphatic hydroxyl groups excluding tert-OH is 1. The number of aliphatic hydroxyl groups is 1. The summed E-state index contributed by atoms with van der Waals surface area (Å²) in [6, 6.07) is 5.87. The maximum atomic E-state index is 9.73. The smallest absolute Gasteiger partial charge is 0.150 e. The number of aryl methyl sites for hydroxylation is 1. The minimum absolute atomic E-state index is 0.320. The number of nitrogens with one attached hydrogen (secondary N) is 1. The van der Waals surface area contributed by atoms with Crippen LogP contribution < -0.4 is 5.32 Å². The van der Waals surface area contributed by atoms with Crippen LogP contribution in [-0.4, -0.2) is 29.5 Å². The minimum Gasteiger partial charge on any atom is -0.389 e. The van der Waals surface area contributed by atoms with E-state index in [1.54, 1.807) is 11.3 Å². The highest BCUT2D eigenvalue weighted by Crippen LogP contribution is 2.09. The molecule has 104 valence electrons. The summed E-state index contributed by atoms with van der Waals surface area (Å²) in [6.07, 6.45) is -0.524. The molecule has 0 fully saturated rings. The Balaban J connectivity index is 1.55. The van der Waals surface area contributed by atoms with Crippen LogP contribution in [0.1, 0.15) is 16.3 Å². The van der Waals surface area contributed by atoms with Crippen LogP contribution in [0.3, 0.4) is 0 Å². The molecule has 0 aliphatic rings. The lowest BCUT2D eigenvalue weighted by molar-refractivity contribution is 0.0295. The Hall–Kier alpha value is -1.21. The van der Waals surface area contributed by atoms with Crippen molar-refractivity contribution in [2.45, 2.75) is 26.2 Å². The Kier molecular flexibility index (Phi) is 5.53. The summed E-state index contributed by atoms with van der Waals surface area (Å²) < 4.78 is 10.5. The summed E-state index contributed by atoms with van der Waals surface area (Å²) in [7, 11) is 0. The third kappa shape index (κ3) is 5.12. The predicted molar refractivity (Wildman–Crippen MR) is 72.9 cm³/mol. The monoisotopic (exact) mass is 282 g/mol. The molecule has 2 aromatic rings. The normalized spacial score (nSPS) is 12.7. The summed E-state index contributed by atoms with van der Waals surface area (Å²) in [5, 5.41) is 18.6. The van der Waals surface area contributed by atoms with Crippen LogP contribution >= 0.6 is 11.3 Å². The maximum absolute atomic E-state index is 9.73. The maximum Gasteiger partial charge on any atom is 0.150 e. The Morgan fingerprint density at radius 1 is 1.58 bits per heavy atom. The zero-order valence-electron chi connectivity index (χ0n) is 10.8. The molecule has 0 saturated carbocycles. The van der Waals surface area contributed by atoms with Crippen molar-refractivity contribution in [2.75, 3.05) is 13.2 Å². The van der Waals surface area contributed by atoms with Gasteiger partial charge in [0.2, 0.25) is 0 Å². The largest absolute Gasteiger partial charge is 0.389 e. The number of aromatic nitrogens is 1. The van der Waals surface area contributed by atoms with Gasteiger partial charge in [0.25, 0.3) is 0 Å². The van der Waals surface area contributed by atoms with Crippen molar-refractivity contribution in [1.29, 1.82) is 0 Å². The van der Waals surface area contributed by atoms with E-state index in [-0.39, 0.29) is 0 Å². The van der Waals surface area contributed by atoms with E-state index in [4.69, 9.17) is 9.26 Å². The molecule has 0 radical (unpaired) electrons. The van der Waals surface area contributed by atoms with Gasteiger partial charge in [0, 0.05) is 17.5 Å². The van der Waals surface area contributed by atoms with Gasteiger partial charge in [0.1, 0.15) is 0 Å². The van der Waals surface area contributed by atoms with Gasteiger partial charge in [-0.3, -0.25) is 0 Å². The van der Waals surface area contributed by atoms with E-state index in [9.17, 15) is 5.11 Å². The molecule has 6 heteroatoms. The van der Waals surface area contributed by atoms with Gasteiger partial charge in [-0.25, -0.2) is 0 Å². The van der Waals surface area contributed by atoms with Crippen molar-refractivity contribution in [1.82, 2.24) is 10.5 Å². The fraction of sp³-hybridized carbons (Fsp3) is 0.462. The van der Waals surface area contributed by atoms with Gasteiger partial charge in [-0.05, 0) is 18.4 Å². The number of hydrogen-bond donors (Lipinski definition) is 2. The second-order valence-corrected chi connectivity index (χ2v) is 5.35. The first-order valence-corrected chi connectivity index (χ1v) is 7.03. The van der Waals surface area contributed by atoms with E-state index in [1.165, 1.54) is 0 Å². The molecule has 2 N–H and O–H groups in total.